The van der Waals surface area contributed by atoms with Gasteiger partial charge in [0.25, 0.3) is 0 Å². The van der Waals surface area contributed by atoms with Crippen LogP contribution in [-0.2, 0) is 4.74 Å². The predicted octanol–water partition coefficient (Wildman–Crippen LogP) is 2.19. The highest BCUT2D eigenvalue weighted by Crippen LogP contribution is 1.99. The van der Waals surface area contributed by atoms with Gasteiger partial charge in [-0.15, -0.1) is 0 Å². The minimum absolute atomic E-state index is 0.198. The van der Waals surface area contributed by atoms with Gasteiger partial charge >= 0.3 is 0 Å². The lowest BCUT2D eigenvalue weighted by Crippen LogP contribution is -2.40. The Balaban J connectivity index is 3.37. The second-order valence-corrected chi connectivity index (χ2v) is 4.31. The summed E-state index contributed by atoms with van der Waals surface area (Å²) in [7, 11) is 0. The molecule has 0 radical (unpaired) electrons. The van der Waals surface area contributed by atoms with Crippen molar-refractivity contribution in [2.24, 2.45) is 0 Å². The van der Waals surface area contributed by atoms with Crippen LogP contribution < -0.4 is 5.32 Å². The minimum Gasteiger partial charge on any atom is -0.377 e. The van der Waals surface area contributed by atoms with Crippen molar-refractivity contribution in [3.63, 3.8) is 0 Å². The third kappa shape index (κ3) is 8.02. The van der Waals surface area contributed by atoms with Gasteiger partial charge in [0.15, 0.2) is 0 Å². The largest absolute Gasteiger partial charge is 0.377 e. The third-order valence-electron chi connectivity index (χ3n) is 1.53. The van der Waals surface area contributed by atoms with Crippen molar-refractivity contribution in [2.45, 2.75) is 52.7 Å². The Morgan fingerprint density at radius 3 is 2.33 bits per heavy atom. The zero-order valence-electron chi connectivity index (χ0n) is 9.11. The first-order chi connectivity index (χ1) is 5.45. The first-order valence-corrected chi connectivity index (χ1v) is 4.82. The molecule has 12 heavy (non-hydrogen) atoms. The average Bonchev–Trinajstić information content (AvgIpc) is 1.95. The number of hydrogen-bond acceptors (Lipinski definition) is 2. The molecule has 0 bridgehead atoms. The number of ether oxygens (including phenoxy) is 1. The van der Waals surface area contributed by atoms with E-state index in [1.54, 1.807) is 0 Å². The lowest BCUT2D eigenvalue weighted by atomic mass is 10.1. The SMILES string of the molecule is CCCOC(C)CNC(C)(C)C. The summed E-state index contributed by atoms with van der Waals surface area (Å²) in [5.41, 5.74) is 0.198. The lowest BCUT2D eigenvalue weighted by Gasteiger charge is -2.23. The van der Waals surface area contributed by atoms with Crippen molar-refractivity contribution >= 4 is 0 Å². The lowest BCUT2D eigenvalue weighted by molar-refractivity contribution is 0.0620. The fraction of sp³-hybridized carbons (Fsp3) is 1.00. The standard InChI is InChI=1S/C10H23NO/c1-6-7-12-9(2)8-11-10(3,4)5/h9,11H,6-8H2,1-5H3. The maximum Gasteiger partial charge on any atom is 0.0671 e. The van der Waals surface area contributed by atoms with E-state index in [0.29, 0.717) is 6.10 Å². The highest BCUT2D eigenvalue weighted by atomic mass is 16.5. The average molecular weight is 173 g/mol. The van der Waals surface area contributed by atoms with Gasteiger partial charge in [-0.2, -0.15) is 0 Å². The van der Waals surface area contributed by atoms with E-state index in [9.17, 15) is 0 Å². The van der Waals surface area contributed by atoms with Crippen LogP contribution in [-0.4, -0.2) is 24.8 Å². The Morgan fingerprint density at radius 1 is 1.33 bits per heavy atom. The van der Waals surface area contributed by atoms with Crippen LogP contribution in [0.25, 0.3) is 0 Å². The molecule has 0 saturated heterocycles. The van der Waals surface area contributed by atoms with Crippen molar-refractivity contribution < 1.29 is 4.74 Å². The molecule has 0 aromatic heterocycles. The van der Waals surface area contributed by atoms with Crippen molar-refractivity contribution in [2.75, 3.05) is 13.2 Å². The fourth-order valence-electron chi connectivity index (χ4n) is 0.828. The monoisotopic (exact) mass is 173 g/mol. The quantitative estimate of drug-likeness (QED) is 0.688. The maximum atomic E-state index is 5.52. The Labute approximate surface area is 76.7 Å². The van der Waals surface area contributed by atoms with Crippen LogP contribution in [0.3, 0.4) is 0 Å². The van der Waals surface area contributed by atoms with Gasteiger partial charge in [0.1, 0.15) is 0 Å². The molecule has 0 aliphatic heterocycles. The Kier molecular flexibility index (Phi) is 5.51. The second-order valence-electron chi connectivity index (χ2n) is 4.31. The Hall–Kier alpha value is -0.0800. The van der Waals surface area contributed by atoms with Crippen molar-refractivity contribution in [1.82, 2.24) is 5.32 Å². The molecule has 0 aliphatic carbocycles. The second kappa shape index (κ2) is 5.55. The topological polar surface area (TPSA) is 21.3 Å². The first-order valence-electron chi connectivity index (χ1n) is 4.82. The van der Waals surface area contributed by atoms with E-state index in [-0.39, 0.29) is 5.54 Å². The third-order valence-corrected chi connectivity index (χ3v) is 1.53. The van der Waals surface area contributed by atoms with Gasteiger partial charge in [-0.3, -0.25) is 0 Å². The number of nitrogens with one attached hydrogen (secondary N) is 1. The van der Waals surface area contributed by atoms with E-state index in [4.69, 9.17) is 4.74 Å². The molecule has 0 amide bonds. The van der Waals surface area contributed by atoms with Crippen LogP contribution in [0.1, 0.15) is 41.0 Å². The molecule has 0 heterocycles. The van der Waals surface area contributed by atoms with Gasteiger partial charge in [0, 0.05) is 18.7 Å². The van der Waals surface area contributed by atoms with Crippen molar-refractivity contribution in [1.29, 1.82) is 0 Å². The van der Waals surface area contributed by atoms with E-state index in [1.165, 1.54) is 0 Å². The van der Waals surface area contributed by atoms with Gasteiger partial charge in [0.05, 0.1) is 6.10 Å². The summed E-state index contributed by atoms with van der Waals surface area (Å²) in [6.07, 6.45) is 1.42. The molecule has 0 spiro atoms. The molecular formula is C10H23NO. The number of hydrogen-bond donors (Lipinski definition) is 1. The Bertz CT molecular complexity index is 107. The van der Waals surface area contributed by atoms with E-state index in [1.807, 2.05) is 0 Å². The van der Waals surface area contributed by atoms with E-state index in [0.717, 1.165) is 19.6 Å². The van der Waals surface area contributed by atoms with Crippen LogP contribution >= 0.6 is 0 Å². The van der Waals surface area contributed by atoms with E-state index < -0.39 is 0 Å². The fourth-order valence-corrected chi connectivity index (χ4v) is 0.828. The molecule has 0 aromatic rings. The molecule has 1 N–H and O–H groups in total. The van der Waals surface area contributed by atoms with Crippen LogP contribution in [0, 0.1) is 0 Å². The summed E-state index contributed by atoms with van der Waals surface area (Å²) >= 11 is 0. The maximum absolute atomic E-state index is 5.52. The molecule has 1 unspecified atom stereocenters. The molecule has 0 aliphatic rings. The highest BCUT2D eigenvalue weighted by Gasteiger charge is 2.10. The summed E-state index contributed by atoms with van der Waals surface area (Å²) in [6.45, 7) is 12.5. The van der Waals surface area contributed by atoms with E-state index >= 15 is 0 Å². The molecule has 0 aromatic carbocycles. The van der Waals surface area contributed by atoms with Crippen molar-refractivity contribution in [3.05, 3.63) is 0 Å². The summed E-state index contributed by atoms with van der Waals surface area (Å²) in [4.78, 5) is 0. The molecule has 0 fully saturated rings. The van der Waals surface area contributed by atoms with E-state index in [2.05, 4.69) is 39.9 Å². The van der Waals surface area contributed by atoms with Gasteiger partial charge in [-0.05, 0) is 34.1 Å². The van der Waals surface area contributed by atoms with Crippen LogP contribution in [0.4, 0.5) is 0 Å². The first kappa shape index (κ1) is 11.9. The van der Waals surface area contributed by atoms with Crippen LogP contribution in [0.5, 0.6) is 0 Å². The van der Waals surface area contributed by atoms with Crippen LogP contribution in [0.15, 0.2) is 0 Å². The zero-order chi connectivity index (χ0) is 9.61. The molecule has 0 saturated carbocycles. The molecule has 2 heteroatoms. The van der Waals surface area contributed by atoms with Gasteiger partial charge < -0.3 is 10.1 Å². The zero-order valence-corrected chi connectivity index (χ0v) is 9.11. The molecule has 1 atom stereocenters. The number of rotatable bonds is 5. The van der Waals surface area contributed by atoms with Gasteiger partial charge in [-0.25, -0.2) is 0 Å². The van der Waals surface area contributed by atoms with Gasteiger partial charge in [-0.1, -0.05) is 6.92 Å². The highest BCUT2D eigenvalue weighted by molar-refractivity contribution is 4.71. The minimum atomic E-state index is 0.198. The normalized spacial score (nSPS) is 14.8. The van der Waals surface area contributed by atoms with Crippen LogP contribution in [0.2, 0.25) is 0 Å². The Morgan fingerprint density at radius 2 is 1.92 bits per heavy atom. The molecular weight excluding hydrogens is 150 g/mol. The van der Waals surface area contributed by atoms with Gasteiger partial charge in [0.2, 0.25) is 0 Å². The summed E-state index contributed by atoms with van der Waals surface area (Å²) < 4.78 is 5.52. The summed E-state index contributed by atoms with van der Waals surface area (Å²) in [5, 5.41) is 3.41. The summed E-state index contributed by atoms with van der Waals surface area (Å²) in [5.74, 6) is 0. The molecule has 74 valence electrons. The molecule has 0 rings (SSSR count). The molecule has 2 nitrogen and oxygen atoms in total. The van der Waals surface area contributed by atoms with Crippen molar-refractivity contribution in [3.8, 4) is 0 Å². The summed E-state index contributed by atoms with van der Waals surface area (Å²) in [6, 6.07) is 0. The predicted molar refractivity (Wildman–Crippen MR) is 53.5 cm³/mol. The smallest absolute Gasteiger partial charge is 0.0671 e.